The lowest BCUT2D eigenvalue weighted by Gasteiger charge is -2.18. The van der Waals surface area contributed by atoms with Crippen LogP contribution in [0.15, 0.2) is 32.3 Å². The van der Waals surface area contributed by atoms with Gasteiger partial charge in [-0.05, 0) is 18.6 Å². The molecule has 0 aliphatic carbocycles. The number of amides is 1. The number of hydrogen-bond donors (Lipinski definition) is 2. The smallest absolute Gasteiger partial charge is 0.408 e. The minimum absolute atomic E-state index is 0.00699. The minimum atomic E-state index is -3.80. The zero-order chi connectivity index (χ0) is 15.0. The van der Waals surface area contributed by atoms with Crippen molar-refractivity contribution in [2.45, 2.75) is 11.3 Å². The number of aromatic amines is 1. The molecule has 0 saturated carbocycles. The molecule has 2 heterocycles. The summed E-state index contributed by atoms with van der Waals surface area (Å²) >= 11 is 0. The van der Waals surface area contributed by atoms with E-state index in [0.29, 0.717) is 18.5 Å². The summed E-state index contributed by atoms with van der Waals surface area (Å²) in [5.41, 5.74) is 0.591. The Hall–Kier alpha value is -2.13. The van der Waals surface area contributed by atoms with Gasteiger partial charge in [0, 0.05) is 19.2 Å². The number of aromatic nitrogens is 1. The lowest BCUT2D eigenvalue weighted by molar-refractivity contribution is -0.120. The van der Waals surface area contributed by atoms with Crippen LogP contribution >= 0.6 is 0 Å². The van der Waals surface area contributed by atoms with Crippen LogP contribution in [0.2, 0.25) is 0 Å². The number of sulfonamides is 1. The van der Waals surface area contributed by atoms with Gasteiger partial charge in [-0.2, -0.15) is 4.31 Å². The third kappa shape index (κ3) is 2.57. The van der Waals surface area contributed by atoms with Crippen molar-refractivity contribution in [2.75, 3.05) is 19.6 Å². The summed E-state index contributed by atoms with van der Waals surface area (Å²) in [5.74, 6) is -0.973. The molecule has 1 saturated heterocycles. The van der Waals surface area contributed by atoms with Crippen molar-refractivity contribution in [2.24, 2.45) is 0 Å². The molecule has 112 valence electrons. The summed E-state index contributed by atoms with van der Waals surface area (Å²) in [6, 6.07) is 4.13. The van der Waals surface area contributed by atoms with Gasteiger partial charge in [-0.3, -0.25) is 9.78 Å². The van der Waals surface area contributed by atoms with E-state index in [1.54, 1.807) is 0 Å². The van der Waals surface area contributed by atoms with Crippen molar-refractivity contribution >= 4 is 27.0 Å². The molecule has 1 aromatic carbocycles. The molecule has 1 aliphatic rings. The fraction of sp³-hybridized carbons (Fsp3) is 0.333. The van der Waals surface area contributed by atoms with Crippen LogP contribution < -0.4 is 11.1 Å². The molecule has 1 aromatic heterocycles. The fourth-order valence-electron chi connectivity index (χ4n) is 2.22. The maximum atomic E-state index is 12.6. The Balaban J connectivity index is 2.02. The van der Waals surface area contributed by atoms with Gasteiger partial charge < -0.3 is 9.73 Å². The highest BCUT2D eigenvalue weighted by Gasteiger charge is 2.28. The summed E-state index contributed by atoms with van der Waals surface area (Å²) in [6.07, 6.45) is 0.548. The molecule has 8 nitrogen and oxygen atoms in total. The van der Waals surface area contributed by atoms with Gasteiger partial charge in [0.05, 0.1) is 17.0 Å². The highest BCUT2D eigenvalue weighted by Crippen LogP contribution is 2.20. The maximum absolute atomic E-state index is 12.6. The van der Waals surface area contributed by atoms with Gasteiger partial charge in [0.25, 0.3) is 0 Å². The normalized spacial score (nSPS) is 17.6. The molecule has 21 heavy (non-hydrogen) atoms. The van der Waals surface area contributed by atoms with Crippen LogP contribution in [-0.4, -0.2) is 43.2 Å². The molecule has 1 aliphatic heterocycles. The van der Waals surface area contributed by atoms with Gasteiger partial charge >= 0.3 is 5.76 Å². The Labute approximate surface area is 119 Å². The molecule has 0 radical (unpaired) electrons. The number of fused-ring (bicyclic) bond motifs is 1. The number of hydrogen-bond acceptors (Lipinski definition) is 5. The number of nitrogens with zero attached hydrogens (tertiary/aromatic N) is 1. The van der Waals surface area contributed by atoms with E-state index in [9.17, 15) is 18.0 Å². The Bertz CT molecular complexity index is 851. The number of benzene rings is 1. The van der Waals surface area contributed by atoms with Crippen molar-refractivity contribution in [3.63, 3.8) is 0 Å². The molecule has 2 N–H and O–H groups in total. The largest absolute Gasteiger partial charge is 0.417 e. The molecule has 1 amide bonds. The first kappa shape index (κ1) is 13.8. The maximum Gasteiger partial charge on any atom is 0.417 e. The van der Waals surface area contributed by atoms with Gasteiger partial charge in [0.2, 0.25) is 15.9 Å². The van der Waals surface area contributed by atoms with E-state index in [1.807, 2.05) is 0 Å². The summed E-state index contributed by atoms with van der Waals surface area (Å²) < 4.78 is 31.1. The van der Waals surface area contributed by atoms with E-state index in [4.69, 9.17) is 4.42 Å². The van der Waals surface area contributed by atoms with Gasteiger partial charge in [0.1, 0.15) is 0 Å². The summed E-state index contributed by atoms with van der Waals surface area (Å²) in [6.45, 7) is 0.504. The van der Waals surface area contributed by atoms with Crippen LogP contribution in [0.1, 0.15) is 6.42 Å². The number of nitrogens with one attached hydrogen (secondary N) is 2. The van der Waals surface area contributed by atoms with Gasteiger partial charge in [-0.15, -0.1) is 0 Å². The number of H-pyrrole nitrogens is 1. The van der Waals surface area contributed by atoms with Crippen molar-refractivity contribution < 1.29 is 17.6 Å². The Morgan fingerprint density at radius 1 is 1.24 bits per heavy atom. The molecule has 0 unspecified atom stereocenters. The van der Waals surface area contributed by atoms with E-state index in [1.165, 1.54) is 18.2 Å². The second-order valence-electron chi connectivity index (χ2n) is 4.71. The summed E-state index contributed by atoms with van der Waals surface area (Å²) in [5, 5.41) is 2.62. The molecule has 3 rings (SSSR count). The first-order valence-electron chi connectivity index (χ1n) is 6.36. The molecular weight excluding hydrogens is 298 g/mol. The van der Waals surface area contributed by atoms with Gasteiger partial charge in [0.15, 0.2) is 5.58 Å². The molecule has 1 fully saturated rings. The van der Waals surface area contributed by atoms with Crippen LogP contribution in [0.3, 0.4) is 0 Å². The van der Waals surface area contributed by atoms with Crippen molar-refractivity contribution in [3.05, 3.63) is 28.7 Å². The Morgan fingerprint density at radius 2 is 2.05 bits per heavy atom. The number of oxazole rings is 1. The third-order valence-corrected chi connectivity index (χ3v) is 5.10. The molecule has 0 spiro atoms. The predicted molar refractivity (Wildman–Crippen MR) is 73.2 cm³/mol. The van der Waals surface area contributed by atoms with Crippen LogP contribution in [-0.2, 0) is 14.8 Å². The van der Waals surface area contributed by atoms with E-state index in [0.717, 1.165) is 4.31 Å². The average Bonchev–Trinajstić information content (AvgIpc) is 2.65. The summed E-state index contributed by atoms with van der Waals surface area (Å²) in [4.78, 5) is 25.0. The SMILES string of the molecule is O=C1CN(S(=O)(=O)c2ccc3[nH]c(=O)oc3c2)CCCN1. The van der Waals surface area contributed by atoms with Crippen LogP contribution in [0.4, 0.5) is 0 Å². The second-order valence-corrected chi connectivity index (χ2v) is 6.65. The minimum Gasteiger partial charge on any atom is -0.408 e. The van der Waals surface area contributed by atoms with Gasteiger partial charge in [-0.25, -0.2) is 13.2 Å². The monoisotopic (exact) mass is 311 g/mol. The van der Waals surface area contributed by atoms with Crippen molar-refractivity contribution in [1.29, 1.82) is 0 Å². The fourth-order valence-corrected chi connectivity index (χ4v) is 3.67. The first-order valence-corrected chi connectivity index (χ1v) is 7.80. The standard InChI is InChI=1S/C12H13N3O5S/c16-11-7-15(5-1-4-13-11)21(18,19)8-2-3-9-10(6-8)20-12(17)14-9/h2-3,6H,1,4-5,7H2,(H,13,16)(H,14,17). The van der Waals surface area contributed by atoms with E-state index in [-0.39, 0.29) is 29.5 Å². The highest BCUT2D eigenvalue weighted by atomic mass is 32.2. The van der Waals surface area contributed by atoms with Crippen molar-refractivity contribution in [1.82, 2.24) is 14.6 Å². The molecular formula is C12H13N3O5S. The topological polar surface area (TPSA) is 112 Å². The second kappa shape index (κ2) is 5.01. The van der Waals surface area contributed by atoms with E-state index in [2.05, 4.69) is 10.3 Å². The van der Waals surface area contributed by atoms with E-state index >= 15 is 0 Å². The lowest BCUT2D eigenvalue weighted by atomic mass is 10.3. The number of rotatable bonds is 2. The van der Waals surface area contributed by atoms with E-state index < -0.39 is 15.8 Å². The van der Waals surface area contributed by atoms with Gasteiger partial charge in [-0.1, -0.05) is 0 Å². The Morgan fingerprint density at radius 3 is 2.86 bits per heavy atom. The van der Waals surface area contributed by atoms with Crippen molar-refractivity contribution in [3.8, 4) is 0 Å². The Kier molecular flexibility index (Phi) is 3.30. The third-order valence-electron chi connectivity index (χ3n) is 3.26. The van der Waals surface area contributed by atoms with Crippen LogP contribution in [0, 0.1) is 0 Å². The average molecular weight is 311 g/mol. The van der Waals surface area contributed by atoms with Crippen LogP contribution in [0.25, 0.3) is 11.1 Å². The number of carbonyl (C=O) groups excluding carboxylic acids is 1. The highest BCUT2D eigenvalue weighted by molar-refractivity contribution is 7.89. The quantitative estimate of drug-likeness (QED) is 0.786. The molecule has 0 atom stereocenters. The number of carbonyl (C=O) groups is 1. The zero-order valence-electron chi connectivity index (χ0n) is 11.0. The predicted octanol–water partition coefficient (Wildman–Crippen LogP) is -0.368. The lowest BCUT2D eigenvalue weighted by Crippen LogP contribution is -2.37. The first-order chi connectivity index (χ1) is 9.96. The van der Waals surface area contributed by atoms with Crippen LogP contribution in [0.5, 0.6) is 0 Å². The zero-order valence-corrected chi connectivity index (χ0v) is 11.8. The molecule has 2 aromatic rings. The molecule has 0 bridgehead atoms. The summed E-state index contributed by atoms with van der Waals surface area (Å²) in [7, 11) is -3.80. The molecule has 9 heteroatoms.